The van der Waals surface area contributed by atoms with Gasteiger partial charge in [-0.3, -0.25) is 0 Å². The lowest BCUT2D eigenvalue weighted by Crippen LogP contribution is -1.89. The average molecular weight is 201 g/mol. The topological polar surface area (TPSA) is 25.8 Å². The van der Waals surface area contributed by atoms with Crippen molar-refractivity contribution in [3.63, 3.8) is 0 Å². The summed E-state index contributed by atoms with van der Waals surface area (Å²) in [6, 6.07) is 1.03. The van der Waals surface area contributed by atoms with Crippen LogP contribution in [0.4, 0.5) is 8.78 Å². The Morgan fingerprint density at radius 2 is 1.92 bits per heavy atom. The van der Waals surface area contributed by atoms with E-state index in [-0.39, 0.29) is 16.1 Å². The first-order chi connectivity index (χ1) is 6.18. The van der Waals surface area contributed by atoms with Gasteiger partial charge in [-0.1, -0.05) is 11.6 Å². The number of hydrogen-bond acceptors (Lipinski definition) is 2. The fraction of sp³-hybridized carbons (Fsp3) is 0. The maximum absolute atomic E-state index is 13.0. The minimum absolute atomic E-state index is 0.0417. The van der Waals surface area contributed by atoms with Crippen molar-refractivity contribution in [1.82, 2.24) is 9.97 Å². The predicted octanol–water partition coefficient (Wildman–Crippen LogP) is 2.56. The van der Waals surface area contributed by atoms with Crippen LogP contribution in [-0.4, -0.2) is 9.97 Å². The zero-order valence-electron chi connectivity index (χ0n) is 6.26. The minimum Gasteiger partial charge on any atom is -0.250 e. The molecule has 0 saturated carbocycles. The number of hydrogen-bond donors (Lipinski definition) is 0. The molecule has 0 unspecified atom stereocenters. The molecule has 0 radical (unpaired) electrons. The van der Waals surface area contributed by atoms with Gasteiger partial charge in [-0.2, -0.15) is 0 Å². The third kappa shape index (κ3) is 1.33. The van der Waals surface area contributed by atoms with Gasteiger partial charge in [0.25, 0.3) is 0 Å². The van der Waals surface area contributed by atoms with E-state index in [1.165, 1.54) is 0 Å². The zero-order valence-corrected chi connectivity index (χ0v) is 7.02. The first-order valence-electron chi connectivity index (χ1n) is 3.44. The van der Waals surface area contributed by atoms with Crippen molar-refractivity contribution in [1.29, 1.82) is 0 Å². The molecule has 0 bridgehead atoms. The van der Waals surface area contributed by atoms with E-state index >= 15 is 0 Å². The molecule has 0 amide bonds. The van der Waals surface area contributed by atoms with E-state index < -0.39 is 11.6 Å². The summed E-state index contributed by atoms with van der Waals surface area (Å²) in [4.78, 5) is 7.17. The van der Waals surface area contributed by atoms with E-state index in [0.29, 0.717) is 0 Å². The number of rotatable bonds is 0. The van der Waals surface area contributed by atoms with Crippen LogP contribution in [0.25, 0.3) is 10.9 Å². The van der Waals surface area contributed by atoms with Crippen molar-refractivity contribution < 1.29 is 8.78 Å². The number of halogens is 3. The third-order valence-corrected chi connectivity index (χ3v) is 1.87. The lowest BCUT2D eigenvalue weighted by Gasteiger charge is -1.99. The highest BCUT2D eigenvalue weighted by molar-refractivity contribution is 6.33. The molecule has 0 atom stereocenters. The lowest BCUT2D eigenvalue weighted by molar-refractivity contribution is 0.614. The number of pyridine rings is 2. The second-order valence-corrected chi connectivity index (χ2v) is 2.80. The summed E-state index contributed by atoms with van der Waals surface area (Å²) in [5.74, 6) is -1.24. The molecule has 2 heterocycles. The average Bonchev–Trinajstić information content (AvgIpc) is 2.12. The molecular weight excluding hydrogens is 198 g/mol. The molecule has 66 valence electrons. The smallest absolute Gasteiger partial charge is 0.155 e. The van der Waals surface area contributed by atoms with Crippen molar-refractivity contribution in [2.75, 3.05) is 0 Å². The monoisotopic (exact) mass is 200 g/mol. The minimum atomic E-state index is -0.633. The van der Waals surface area contributed by atoms with Gasteiger partial charge in [0.15, 0.2) is 11.0 Å². The molecule has 0 aliphatic rings. The van der Waals surface area contributed by atoms with Gasteiger partial charge in [-0.25, -0.2) is 18.7 Å². The molecule has 0 aromatic carbocycles. The molecule has 0 fully saturated rings. The van der Waals surface area contributed by atoms with Gasteiger partial charge in [-0.15, -0.1) is 0 Å². The van der Waals surface area contributed by atoms with E-state index in [1.54, 1.807) is 0 Å². The summed E-state index contributed by atoms with van der Waals surface area (Å²) in [7, 11) is 0. The van der Waals surface area contributed by atoms with Crippen LogP contribution < -0.4 is 0 Å². The molecule has 5 heteroatoms. The van der Waals surface area contributed by atoms with Crippen LogP contribution in [0.15, 0.2) is 18.5 Å². The second-order valence-electron chi connectivity index (χ2n) is 2.45. The van der Waals surface area contributed by atoms with E-state index in [9.17, 15) is 8.78 Å². The van der Waals surface area contributed by atoms with E-state index in [2.05, 4.69) is 9.97 Å². The molecule has 0 saturated heterocycles. The molecule has 2 aromatic rings. The summed E-state index contributed by atoms with van der Waals surface area (Å²) in [5, 5.41) is 0.108. The quantitative estimate of drug-likeness (QED) is 0.611. The van der Waals surface area contributed by atoms with E-state index in [1.807, 2.05) is 0 Å². The maximum Gasteiger partial charge on any atom is 0.155 e. The highest BCUT2D eigenvalue weighted by atomic mass is 35.5. The molecular formula is C8H3ClF2N2. The first-order valence-corrected chi connectivity index (χ1v) is 3.81. The van der Waals surface area contributed by atoms with Crippen molar-refractivity contribution in [3.8, 4) is 0 Å². The molecule has 2 rings (SSSR count). The lowest BCUT2D eigenvalue weighted by atomic mass is 10.2. The van der Waals surface area contributed by atoms with E-state index in [0.717, 1.165) is 18.5 Å². The summed E-state index contributed by atoms with van der Waals surface area (Å²) in [6.45, 7) is 0. The Kier molecular flexibility index (Phi) is 1.84. The maximum atomic E-state index is 13.0. The number of aromatic nitrogens is 2. The standard InChI is InChI=1S/C8H3ClF2N2/c9-8-7-5(6(11)3-13-8)1-4(10)2-12-7/h1-3H. The van der Waals surface area contributed by atoms with Crippen LogP contribution in [0.2, 0.25) is 5.15 Å². The van der Waals surface area contributed by atoms with Gasteiger partial charge < -0.3 is 0 Å². The van der Waals surface area contributed by atoms with Gasteiger partial charge >= 0.3 is 0 Å². The Morgan fingerprint density at radius 3 is 2.69 bits per heavy atom. The third-order valence-electron chi connectivity index (χ3n) is 1.60. The Hall–Kier alpha value is -1.29. The van der Waals surface area contributed by atoms with Crippen LogP contribution in [0.5, 0.6) is 0 Å². The summed E-state index contributed by atoms with van der Waals surface area (Å²) < 4.78 is 25.7. The Labute approximate surface area is 77.2 Å². The summed E-state index contributed by atoms with van der Waals surface area (Å²) >= 11 is 5.62. The number of nitrogens with zero attached hydrogens (tertiary/aromatic N) is 2. The van der Waals surface area contributed by atoms with Crippen molar-refractivity contribution in [2.45, 2.75) is 0 Å². The fourth-order valence-electron chi connectivity index (χ4n) is 1.03. The molecule has 2 aromatic heterocycles. The Balaban J connectivity index is 2.92. The molecule has 0 aliphatic carbocycles. The van der Waals surface area contributed by atoms with E-state index in [4.69, 9.17) is 11.6 Å². The molecule has 0 N–H and O–H groups in total. The van der Waals surface area contributed by atoms with Gasteiger partial charge in [0, 0.05) is 5.39 Å². The van der Waals surface area contributed by atoms with Crippen LogP contribution >= 0.6 is 11.6 Å². The summed E-state index contributed by atoms with van der Waals surface area (Å²) in [6.07, 6.45) is 1.90. The highest BCUT2D eigenvalue weighted by Crippen LogP contribution is 2.21. The van der Waals surface area contributed by atoms with Crippen molar-refractivity contribution in [2.24, 2.45) is 0 Å². The molecule has 0 aliphatic heterocycles. The predicted molar refractivity (Wildman–Crippen MR) is 44.5 cm³/mol. The van der Waals surface area contributed by atoms with Gasteiger partial charge in [0.05, 0.1) is 12.4 Å². The molecule has 0 spiro atoms. The van der Waals surface area contributed by atoms with Crippen molar-refractivity contribution in [3.05, 3.63) is 35.2 Å². The van der Waals surface area contributed by atoms with Crippen molar-refractivity contribution >= 4 is 22.5 Å². The van der Waals surface area contributed by atoms with Gasteiger partial charge in [0.1, 0.15) is 11.3 Å². The Bertz CT molecular complexity index is 473. The zero-order chi connectivity index (χ0) is 9.42. The first kappa shape index (κ1) is 8.31. The molecule has 2 nitrogen and oxygen atoms in total. The molecule has 13 heavy (non-hydrogen) atoms. The number of fused-ring (bicyclic) bond motifs is 1. The fourth-order valence-corrected chi connectivity index (χ4v) is 1.23. The van der Waals surface area contributed by atoms with Crippen LogP contribution in [0.1, 0.15) is 0 Å². The normalized spacial score (nSPS) is 10.7. The SMILES string of the molecule is Fc1cnc2c(Cl)ncc(F)c2c1. The Morgan fingerprint density at radius 1 is 1.15 bits per heavy atom. The largest absolute Gasteiger partial charge is 0.250 e. The van der Waals surface area contributed by atoms with Gasteiger partial charge in [-0.05, 0) is 6.07 Å². The van der Waals surface area contributed by atoms with Crippen LogP contribution in [-0.2, 0) is 0 Å². The highest BCUT2D eigenvalue weighted by Gasteiger charge is 2.07. The second kappa shape index (κ2) is 2.88. The van der Waals surface area contributed by atoms with Crippen LogP contribution in [0, 0.1) is 11.6 Å². The summed E-state index contributed by atoms with van der Waals surface area (Å²) in [5.41, 5.74) is 0.170. The van der Waals surface area contributed by atoms with Crippen LogP contribution in [0.3, 0.4) is 0 Å². The van der Waals surface area contributed by atoms with Gasteiger partial charge in [0.2, 0.25) is 0 Å².